The van der Waals surface area contributed by atoms with Crippen molar-refractivity contribution >= 4 is 46.0 Å². The van der Waals surface area contributed by atoms with Crippen molar-refractivity contribution < 1.29 is 14.7 Å². The zero-order chi connectivity index (χ0) is 18.5. The van der Waals surface area contributed by atoms with E-state index < -0.39 is 5.97 Å². The molecule has 7 nitrogen and oxygen atoms in total. The van der Waals surface area contributed by atoms with Crippen LogP contribution in [0.3, 0.4) is 0 Å². The summed E-state index contributed by atoms with van der Waals surface area (Å²) < 4.78 is 1.94. The standard InChI is InChI=1S/C17H18N4O3S2/c1-25-10-14-19-11-4-2-3-5-13(11)21(14)8-15(22)18-7-6-16-20-12(9-26-16)17(23)24/h2-5,9H,6-8,10H2,1H3,(H,18,22)(H,23,24). The molecule has 0 spiro atoms. The molecule has 0 saturated heterocycles. The van der Waals surface area contributed by atoms with E-state index in [-0.39, 0.29) is 18.1 Å². The summed E-state index contributed by atoms with van der Waals surface area (Å²) in [5.41, 5.74) is 1.87. The molecule has 0 aliphatic heterocycles. The third kappa shape index (κ3) is 4.23. The maximum Gasteiger partial charge on any atom is 0.355 e. The molecule has 0 aliphatic rings. The lowest BCUT2D eigenvalue weighted by Gasteiger charge is -2.09. The third-order valence-corrected chi connectivity index (χ3v) is 5.20. The summed E-state index contributed by atoms with van der Waals surface area (Å²) in [5.74, 6) is 0.467. The number of imidazole rings is 1. The number of amides is 1. The molecule has 1 amide bonds. The fourth-order valence-corrected chi connectivity index (χ4v) is 3.82. The summed E-state index contributed by atoms with van der Waals surface area (Å²) in [6.07, 6.45) is 2.51. The molecule has 2 aromatic heterocycles. The number of rotatable bonds is 8. The highest BCUT2D eigenvalue weighted by Crippen LogP contribution is 2.18. The predicted molar refractivity (Wildman–Crippen MR) is 103 cm³/mol. The summed E-state index contributed by atoms with van der Waals surface area (Å²) in [6.45, 7) is 0.616. The summed E-state index contributed by atoms with van der Waals surface area (Å²) in [7, 11) is 0. The maximum absolute atomic E-state index is 12.3. The van der Waals surface area contributed by atoms with Crippen LogP contribution in [0.1, 0.15) is 21.3 Å². The lowest BCUT2D eigenvalue weighted by atomic mass is 10.3. The molecule has 0 bridgehead atoms. The second kappa shape index (κ2) is 8.33. The third-order valence-electron chi connectivity index (χ3n) is 3.74. The maximum atomic E-state index is 12.3. The summed E-state index contributed by atoms with van der Waals surface area (Å²) in [6, 6.07) is 7.77. The van der Waals surface area contributed by atoms with Crippen LogP contribution in [-0.4, -0.2) is 44.3 Å². The highest BCUT2D eigenvalue weighted by Gasteiger charge is 2.13. The first-order chi connectivity index (χ1) is 12.6. The van der Waals surface area contributed by atoms with E-state index in [1.807, 2.05) is 35.1 Å². The SMILES string of the molecule is CSCc1nc2ccccc2n1CC(=O)NCCc1nc(C(=O)O)cs1. The minimum Gasteiger partial charge on any atom is -0.476 e. The molecular formula is C17H18N4O3S2. The smallest absolute Gasteiger partial charge is 0.355 e. The lowest BCUT2D eigenvalue weighted by molar-refractivity contribution is -0.121. The fraction of sp³-hybridized carbons (Fsp3) is 0.294. The average Bonchev–Trinajstić information content (AvgIpc) is 3.21. The molecular weight excluding hydrogens is 372 g/mol. The van der Waals surface area contributed by atoms with Crippen molar-refractivity contribution in [3.05, 3.63) is 46.2 Å². The number of thiazole rings is 1. The van der Waals surface area contributed by atoms with Gasteiger partial charge in [0.1, 0.15) is 12.4 Å². The van der Waals surface area contributed by atoms with Gasteiger partial charge in [0.2, 0.25) is 5.91 Å². The number of carbonyl (C=O) groups is 2. The van der Waals surface area contributed by atoms with Crippen LogP contribution in [0.15, 0.2) is 29.6 Å². The summed E-state index contributed by atoms with van der Waals surface area (Å²) in [5, 5.41) is 13.9. The molecule has 2 heterocycles. The number of para-hydroxylation sites is 2. The first-order valence-corrected chi connectivity index (χ1v) is 10.2. The first kappa shape index (κ1) is 18.4. The summed E-state index contributed by atoms with van der Waals surface area (Å²) in [4.78, 5) is 31.8. The normalized spacial score (nSPS) is 11.0. The highest BCUT2D eigenvalue weighted by atomic mass is 32.2. The van der Waals surface area contributed by atoms with Gasteiger partial charge < -0.3 is 15.0 Å². The van der Waals surface area contributed by atoms with Gasteiger partial charge in [-0.3, -0.25) is 4.79 Å². The Labute approximate surface area is 158 Å². The average molecular weight is 390 g/mol. The first-order valence-electron chi connectivity index (χ1n) is 7.96. The van der Waals surface area contributed by atoms with Gasteiger partial charge in [-0.15, -0.1) is 11.3 Å². The zero-order valence-electron chi connectivity index (χ0n) is 14.1. The molecule has 0 unspecified atom stereocenters. The zero-order valence-corrected chi connectivity index (χ0v) is 15.8. The van der Waals surface area contributed by atoms with Crippen LogP contribution in [0.4, 0.5) is 0 Å². The number of benzene rings is 1. The molecule has 3 aromatic rings. The number of fused-ring (bicyclic) bond motifs is 1. The second-order valence-corrected chi connectivity index (χ2v) is 7.38. The summed E-state index contributed by atoms with van der Waals surface area (Å²) >= 11 is 2.95. The number of nitrogens with one attached hydrogen (secondary N) is 1. The van der Waals surface area contributed by atoms with Crippen LogP contribution < -0.4 is 5.32 Å². The van der Waals surface area contributed by atoms with Gasteiger partial charge >= 0.3 is 5.97 Å². The van der Waals surface area contributed by atoms with E-state index in [0.717, 1.165) is 22.6 Å². The Bertz CT molecular complexity index is 935. The van der Waals surface area contributed by atoms with Crippen molar-refractivity contribution in [1.29, 1.82) is 0 Å². The Morgan fingerprint density at radius 2 is 2.12 bits per heavy atom. The molecule has 0 aliphatic carbocycles. The van der Waals surface area contributed by atoms with Crippen molar-refractivity contribution in [2.45, 2.75) is 18.7 Å². The van der Waals surface area contributed by atoms with E-state index in [9.17, 15) is 9.59 Å². The number of hydrogen-bond acceptors (Lipinski definition) is 6. The second-order valence-electron chi connectivity index (χ2n) is 5.57. The number of carboxylic acids is 1. The Kier molecular flexibility index (Phi) is 5.89. The molecule has 1 aromatic carbocycles. The van der Waals surface area contributed by atoms with E-state index in [0.29, 0.717) is 18.0 Å². The van der Waals surface area contributed by atoms with Gasteiger partial charge in [0, 0.05) is 18.3 Å². The fourth-order valence-electron chi connectivity index (χ4n) is 2.57. The van der Waals surface area contributed by atoms with E-state index in [1.54, 1.807) is 11.8 Å². The molecule has 0 saturated carbocycles. The van der Waals surface area contributed by atoms with E-state index >= 15 is 0 Å². The van der Waals surface area contributed by atoms with E-state index in [2.05, 4.69) is 15.3 Å². The molecule has 136 valence electrons. The Hall–Kier alpha value is -2.39. The topological polar surface area (TPSA) is 97.1 Å². The Morgan fingerprint density at radius 3 is 2.85 bits per heavy atom. The quantitative estimate of drug-likeness (QED) is 0.613. The van der Waals surface area contributed by atoms with Crippen molar-refractivity contribution in [1.82, 2.24) is 19.9 Å². The minimum atomic E-state index is -1.04. The largest absolute Gasteiger partial charge is 0.476 e. The van der Waals surface area contributed by atoms with Crippen molar-refractivity contribution in [3.63, 3.8) is 0 Å². The number of thioether (sulfide) groups is 1. The van der Waals surface area contributed by atoms with Gasteiger partial charge in [0.05, 0.1) is 21.8 Å². The number of hydrogen-bond donors (Lipinski definition) is 2. The van der Waals surface area contributed by atoms with Crippen molar-refractivity contribution in [3.8, 4) is 0 Å². The number of aromatic nitrogens is 3. The molecule has 0 atom stereocenters. The molecule has 0 radical (unpaired) electrons. The molecule has 9 heteroatoms. The van der Waals surface area contributed by atoms with Crippen LogP contribution in [0.2, 0.25) is 0 Å². The Balaban J connectivity index is 1.61. The van der Waals surface area contributed by atoms with Crippen LogP contribution >= 0.6 is 23.1 Å². The Morgan fingerprint density at radius 1 is 1.31 bits per heavy atom. The van der Waals surface area contributed by atoms with Gasteiger partial charge in [0.15, 0.2) is 5.69 Å². The predicted octanol–water partition coefficient (Wildman–Crippen LogP) is 2.41. The van der Waals surface area contributed by atoms with Crippen LogP contribution in [-0.2, 0) is 23.5 Å². The van der Waals surface area contributed by atoms with Crippen LogP contribution in [0.5, 0.6) is 0 Å². The van der Waals surface area contributed by atoms with Gasteiger partial charge in [-0.25, -0.2) is 14.8 Å². The number of nitrogens with zero attached hydrogens (tertiary/aromatic N) is 3. The van der Waals surface area contributed by atoms with Crippen LogP contribution in [0, 0.1) is 0 Å². The molecule has 2 N–H and O–H groups in total. The lowest BCUT2D eigenvalue weighted by Crippen LogP contribution is -2.29. The molecule has 0 fully saturated rings. The van der Waals surface area contributed by atoms with Crippen molar-refractivity contribution in [2.75, 3.05) is 12.8 Å². The van der Waals surface area contributed by atoms with Gasteiger partial charge in [-0.2, -0.15) is 11.8 Å². The monoisotopic (exact) mass is 390 g/mol. The van der Waals surface area contributed by atoms with Gasteiger partial charge in [0.25, 0.3) is 0 Å². The minimum absolute atomic E-state index is 0.0444. The number of carbonyl (C=O) groups excluding carboxylic acids is 1. The van der Waals surface area contributed by atoms with E-state index in [1.165, 1.54) is 16.7 Å². The number of carboxylic acid groups (broad SMARTS) is 1. The highest BCUT2D eigenvalue weighted by molar-refractivity contribution is 7.97. The van der Waals surface area contributed by atoms with E-state index in [4.69, 9.17) is 5.11 Å². The van der Waals surface area contributed by atoms with Gasteiger partial charge in [-0.1, -0.05) is 12.1 Å². The van der Waals surface area contributed by atoms with Gasteiger partial charge in [-0.05, 0) is 18.4 Å². The van der Waals surface area contributed by atoms with Crippen molar-refractivity contribution in [2.24, 2.45) is 0 Å². The molecule has 3 rings (SSSR count). The van der Waals surface area contributed by atoms with Crippen LogP contribution in [0.25, 0.3) is 11.0 Å². The number of aromatic carboxylic acids is 1. The molecule has 26 heavy (non-hydrogen) atoms.